The van der Waals surface area contributed by atoms with Crippen LogP contribution in [0.3, 0.4) is 0 Å². The molecule has 3 rings (SSSR count). The van der Waals surface area contributed by atoms with Crippen molar-refractivity contribution in [1.29, 1.82) is 0 Å². The summed E-state index contributed by atoms with van der Waals surface area (Å²) in [6.07, 6.45) is 5.59. The Bertz CT molecular complexity index is 974. The van der Waals surface area contributed by atoms with Crippen LogP contribution in [-0.4, -0.2) is 48.2 Å². The van der Waals surface area contributed by atoms with E-state index in [-0.39, 0.29) is 0 Å². The first-order valence-electron chi connectivity index (χ1n) is 9.29. The number of hydrogen-bond donors (Lipinski definition) is 1. The topological polar surface area (TPSA) is 109 Å². The highest BCUT2D eigenvalue weighted by Crippen LogP contribution is 2.26. The Morgan fingerprint density at radius 2 is 1.93 bits per heavy atom. The van der Waals surface area contributed by atoms with Crippen LogP contribution in [0.15, 0.2) is 23.6 Å². The lowest BCUT2D eigenvalue weighted by Crippen LogP contribution is -2.09. The summed E-state index contributed by atoms with van der Waals surface area (Å²) in [6, 6.07) is 1.72. The summed E-state index contributed by atoms with van der Waals surface area (Å²) in [6.45, 7) is 5.36. The zero-order chi connectivity index (χ0) is 20.1. The van der Waals surface area contributed by atoms with Gasteiger partial charge in [-0.1, -0.05) is 0 Å². The van der Waals surface area contributed by atoms with Gasteiger partial charge in [0.15, 0.2) is 5.82 Å². The summed E-state index contributed by atoms with van der Waals surface area (Å²) in [5.74, 6) is 1.93. The minimum atomic E-state index is -1.18. The van der Waals surface area contributed by atoms with Crippen LogP contribution in [0, 0.1) is 13.8 Å². The van der Waals surface area contributed by atoms with Crippen molar-refractivity contribution in [3.63, 3.8) is 0 Å². The van der Waals surface area contributed by atoms with Crippen molar-refractivity contribution < 1.29 is 8.95 Å². The highest BCUT2D eigenvalue weighted by molar-refractivity contribution is 7.84. The lowest BCUT2D eigenvalue weighted by atomic mass is 10.2. The molecule has 0 aliphatic heterocycles. The number of aryl methyl sites for hydroxylation is 3. The van der Waals surface area contributed by atoms with Crippen molar-refractivity contribution in [3.05, 3.63) is 35.5 Å². The van der Waals surface area contributed by atoms with Crippen LogP contribution in [0.5, 0.6) is 0 Å². The van der Waals surface area contributed by atoms with Crippen LogP contribution in [0.4, 0.5) is 5.82 Å². The average Bonchev–Trinajstić information content (AvgIpc) is 3.07. The zero-order valence-corrected chi connectivity index (χ0v) is 17.3. The lowest BCUT2D eigenvalue weighted by molar-refractivity contribution is 0.199. The van der Waals surface area contributed by atoms with E-state index in [9.17, 15) is 4.21 Å². The maximum atomic E-state index is 12.3. The molecule has 0 radical (unpaired) electrons. The molecule has 0 fully saturated rings. The number of hydrogen-bond acceptors (Lipinski definition) is 7. The molecular weight excluding hydrogens is 376 g/mol. The second-order valence-corrected chi connectivity index (χ2v) is 8.08. The summed E-state index contributed by atoms with van der Waals surface area (Å²) in [7, 11) is 0.502. The number of imidazole rings is 1. The fraction of sp³-hybridized carbons (Fsp3) is 0.474. The number of aromatic nitrogens is 5. The summed E-state index contributed by atoms with van der Waals surface area (Å²) in [5.41, 5.74) is 9.89. The smallest absolute Gasteiger partial charge is 0.218 e. The minimum absolute atomic E-state index is 0.390. The van der Waals surface area contributed by atoms with Gasteiger partial charge in [-0.25, -0.2) is 19.9 Å². The van der Waals surface area contributed by atoms with Crippen LogP contribution >= 0.6 is 0 Å². The van der Waals surface area contributed by atoms with E-state index >= 15 is 0 Å². The summed E-state index contributed by atoms with van der Waals surface area (Å²) < 4.78 is 19.7. The lowest BCUT2D eigenvalue weighted by Gasteiger charge is -2.11. The second-order valence-electron chi connectivity index (χ2n) is 6.62. The highest BCUT2D eigenvalue weighted by Gasteiger charge is 2.17. The Morgan fingerprint density at radius 3 is 2.64 bits per heavy atom. The van der Waals surface area contributed by atoms with E-state index in [1.165, 1.54) is 0 Å². The number of anilines is 1. The third kappa shape index (κ3) is 4.36. The molecule has 3 heterocycles. The molecule has 8 nitrogen and oxygen atoms in total. The van der Waals surface area contributed by atoms with Crippen molar-refractivity contribution in [2.45, 2.75) is 44.8 Å². The molecule has 2 N–H and O–H groups in total. The monoisotopic (exact) mass is 402 g/mol. The van der Waals surface area contributed by atoms with Crippen LogP contribution in [0.1, 0.15) is 29.9 Å². The molecule has 0 saturated carbocycles. The van der Waals surface area contributed by atoms with Gasteiger partial charge in [0.2, 0.25) is 5.16 Å². The summed E-state index contributed by atoms with van der Waals surface area (Å²) in [5, 5.41) is 0.390. The Kier molecular flexibility index (Phi) is 6.69. The third-order valence-electron chi connectivity index (χ3n) is 4.71. The van der Waals surface area contributed by atoms with Crippen LogP contribution < -0.4 is 5.73 Å². The fourth-order valence-electron chi connectivity index (χ4n) is 3.17. The van der Waals surface area contributed by atoms with Gasteiger partial charge in [0.25, 0.3) is 0 Å². The second kappa shape index (κ2) is 9.20. The molecule has 1 atom stereocenters. The Balaban J connectivity index is 1.76. The van der Waals surface area contributed by atoms with Crippen LogP contribution in [0.25, 0.3) is 11.0 Å². The van der Waals surface area contributed by atoms with Crippen LogP contribution in [0.2, 0.25) is 0 Å². The number of nitrogen functional groups attached to an aromatic ring is 1. The van der Waals surface area contributed by atoms with E-state index in [1.54, 1.807) is 25.6 Å². The van der Waals surface area contributed by atoms with Gasteiger partial charge in [-0.15, -0.1) is 0 Å². The number of unbranched alkanes of at least 4 members (excludes halogenated alkanes) is 1. The highest BCUT2D eigenvalue weighted by atomic mass is 32.2. The summed E-state index contributed by atoms with van der Waals surface area (Å²) >= 11 is 0. The largest absolute Gasteiger partial charge is 0.384 e. The van der Waals surface area contributed by atoms with Gasteiger partial charge in [-0.05, 0) is 38.3 Å². The zero-order valence-electron chi connectivity index (χ0n) is 16.5. The molecule has 0 saturated heterocycles. The molecule has 0 amide bonds. The number of nitrogens with two attached hydrogens (primary N) is 1. The van der Waals surface area contributed by atoms with Crippen molar-refractivity contribution in [1.82, 2.24) is 24.5 Å². The van der Waals surface area contributed by atoms with Crippen molar-refractivity contribution in [3.8, 4) is 0 Å². The van der Waals surface area contributed by atoms with Crippen molar-refractivity contribution >= 4 is 27.7 Å². The predicted molar refractivity (Wildman–Crippen MR) is 110 cm³/mol. The normalized spacial score (nSPS) is 12.5. The maximum Gasteiger partial charge on any atom is 0.218 e. The third-order valence-corrected chi connectivity index (χ3v) is 5.99. The Labute approximate surface area is 167 Å². The van der Waals surface area contributed by atoms with Gasteiger partial charge >= 0.3 is 0 Å². The molecule has 3 aromatic rings. The van der Waals surface area contributed by atoms with Crippen molar-refractivity contribution in [2.24, 2.45) is 0 Å². The van der Waals surface area contributed by atoms with Crippen LogP contribution in [-0.2, 0) is 28.5 Å². The van der Waals surface area contributed by atoms with E-state index in [2.05, 4.69) is 19.5 Å². The van der Waals surface area contributed by atoms with E-state index < -0.39 is 10.8 Å². The molecule has 9 heteroatoms. The average molecular weight is 403 g/mol. The number of fused-ring (bicyclic) bond motifs is 1. The first-order valence-corrected chi connectivity index (χ1v) is 10.6. The Morgan fingerprint density at radius 1 is 1.18 bits per heavy atom. The van der Waals surface area contributed by atoms with E-state index in [4.69, 9.17) is 15.5 Å². The van der Waals surface area contributed by atoms with E-state index in [1.807, 2.05) is 13.8 Å². The number of nitrogens with zero attached hydrogens (tertiary/aromatic N) is 5. The quantitative estimate of drug-likeness (QED) is 0.432. The first kappa shape index (κ1) is 20.3. The number of rotatable bonds is 9. The molecule has 0 bridgehead atoms. The first-order chi connectivity index (χ1) is 13.5. The molecule has 0 spiro atoms. The van der Waals surface area contributed by atoms with Gasteiger partial charge < -0.3 is 15.0 Å². The molecule has 0 aliphatic carbocycles. The summed E-state index contributed by atoms with van der Waals surface area (Å²) in [4.78, 5) is 17.3. The minimum Gasteiger partial charge on any atom is -0.384 e. The predicted octanol–water partition coefficient (Wildman–Crippen LogP) is 2.20. The van der Waals surface area contributed by atoms with Gasteiger partial charge in [-0.3, -0.25) is 4.21 Å². The van der Waals surface area contributed by atoms with Gasteiger partial charge in [0.1, 0.15) is 11.3 Å². The van der Waals surface area contributed by atoms with Gasteiger partial charge in [-0.2, -0.15) is 0 Å². The van der Waals surface area contributed by atoms with E-state index in [0.29, 0.717) is 29.8 Å². The molecular formula is C19H26N6O2S. The maximum absolute atomic E-state index is 12.3. The fourth-order valence-corrected chi connectivity index (χ4v) is 4.17. The standard InChI is InChI=1S/C19H26N6O2S/c1-13-14(2)23-18(20)16-17(13)25(15(24-16)7-11-27-3)10-4-5-12-28(26)19-21-8-6-9-22-19/h6,8-9H,4-5,7,10-12H2,1-3H3,(H2,20,23). The number of ether oxygens (including phenoxy) is 1. The van der Waals surface area contributed by atoms with Gasteiger partial charge in [0, 0.05) is 43.9 Å². The molecule has 150 valence electrons. The SMILES string of the molecule is COCCc1nc2c(N)nc(C)c(C)c2n1CCCCS(=O)c1ncccn1. The van der Waals surface area contributed by atoms with Crippen molar-refractivity contribution in [2.75, 3.05) is 25.2 Å². The number of methoxy groups -OCH3 is 1. The van der Waals surface area contributed by atoms with Gasteiger partial charge in [0.05, 0.1) is 22.9 Å². The van der Waals surface area contributed by atoms with E-state index in [0.717, 1.165) is 47.5 Å². The number of pyridine rings is 1. The molecule has 28 heavy (non-hydrogen) atoms. The molecule has 0 aromatic carbocycles. The molecule has 1 unspecified atom stereocenters. The molecule has 0 aliphatic rings. The molecule has 3 aromatic heterocycles. The Hall–Kier alpha value is -2.39.